The van der Waals surface area contributed by atoms with Crippen LogP contribution in [-0.2, 0) is 9.63 Å². The first-order chi connectivity index (χ1) is 12.1. The zero-order valence-corrected chi connectivity index (χ0v) is 15.6. The Balaban J connectivity index is 1.59. The summed E-state index contributed by atoms with van der Waals surface area (Å²) in [7, 11) is 1.63. The molecule has 0 spiro atoms. The van der Waals surface area contributed by atoms with E-state index in [1.807, 2.05) is 55.5 Å². The molecule has 0 aromatic heterocycles. The molecule has 1 aliphatic rings. The van der Waals surface area contributed by atoms with E-state index in [2.05, 4.69) is 26.4 Å². The van der Waals surface area contributed by atoms with E-state index < -0.39 is 6.10 Å². The van der Waals surface area contributed by atoms with Gasteiger partial charge < -0.3 is 14.9 Å². The largest absolute Gasteiger partial charge is 0.497 e. The number of rotatable bonds is 5. The van der Waals surface area contributed by atoms with Gasteiger partial charge in [-0.3, -0.25) is 4.79 Å². The summed E-state index contributed by atoms with van der Waals surface area (Å²) in [4.78, 5) is 17.8. The fourth-order valence-electron chi connectivity index (χ4n) is 2.64. The molecule has 0 bridgehead atoms. The SMILES string of the molecule is COc1ccc(C(C)NC(=O)C2CC(c3cccc(Br)c3)=NO2)cc1. The number of carbonyl (C=O) groups excluding carboxylic acids is 1. The molecule has 3 rings (SSSR count). The van der Waals surface area contributed by atoms with Crippen LogP contribution in [-0.4, -0.2) is 24.8 Å². The van der Waals surface area contributed by atoms with Crippen LogP contribution >= 0.6 is 15.9 Å². The number of hydrogen-bond donors (Lipinski definition) is 1. The standard InChI is InChI=1S/C19H19BrN2O3/c1-12(13-6-8-16(24-2)9-7-13)21-19(23)18-11-17(22-25-18)14-4-3-5-15(20)10-14/h3-10,12,18H,11H2,1-2H3,(H,21,23). The van der Waals surface area contributed by atoms with Crippen molar-refractivity contribution >= 4 is 27.5 Å². The molecule has 0 fully saturated rings. The zero-order valence-electron chi connectivity index (χ0n) is 14.0. The number of carbonyl (C=O) groups is 1. The molecular weight excluding hydrogens is 384 g/mol. The second kappa shape index (κ2) is 7.70. The highest BCUT2D eigenvalue weighted by atomic mass is 79.9. The van der Waals surface area contributed by atoms with Gasteiger partial charge in [0.15, 0.2) is 0 Å². The highest BCUT2D eigenvalue weighted by Gasteiger charge is 2.29. The number of benzene rings is 2. The first-order valence-electron chi connectivity index (χ1n) is 8.00. The molecule has 2 aromatic rings. The average molecular weight is 403 g/mol. The Hall–Kier alpha value is -2.34. The molecule has 0 saturated carbocycles. The summed E-state index contributed by atoms with van der Waals surface area (Å²) in [6.07, 6.45) is -0.146. The monoisotopic (exact) mass is 402 g/mol. The summed E-state index contributed by atoms with van der Waals surface area (Å²) in [6, 6.07) is 15.3. The van der Waals surface area contributed by atoms with Gasteiger partial charge in [-0.2, -0.15) is 0 Å². The average Bonchev–Trinajstić information content (AvgIpc) is 3.12. The number of amides is 1. The van der Waals surface area contributed by atoms with Crippen molar-refractivity contribution in [3.05, 3.63) is 64.1 Å². The van der Waals surface area contributed by atoms with E-state index in [0.717, 1.165) is 27.1 Å². The van der Waals surface area contributed by atoms with Crippen molar-refractivity contribution in [3.63, 3.8) is 0 Å². The molecule has 6 heteroatoms. The minimum absolute atomic E-state index is 0.128. The van der Waals surface area contributed by atoms with E-state index in [9.17, 15) is 4.79 Å². The molecule has 1 amide bonds. The van der Waals surface area contributed by atoms with Crippen LogP contribution in [0.25, 0.3) is 0 Å². The van der Waals surface area contributed by atoms with Crippen molar-refractivity contribution in [1.82, 2.24) is 5.32 Å². The Bertz CT molecular complexity index is 790. The molecule has 1 aliphatic heterocycles. The molecule has 2 atom stereocenters. The van der Waals surface area contributed by atoms with Gasteiger partial charge in [0, 0.05) is 16.5 Å². The number of halogens is 1. The third kappa shape index (κ3) is 4.20. The highest BCUT2D eigenvalue weighted by Crippen LogP contribution is 2.21. The van der Waals surface area contributed by atoms with Crippen LogP contribution in [0.2, 0.25) is 0 Å². The fourth-order valence-corrected chi connectivity index (χ4v) is 3.04. The number of nitrogens with one attached hydrogen (secondary N) is 1. The second-order valence-electron chi connectivity index (χ2n) is 5.85. The lowest BCUT2D eigenvalue weighted by atomic mass is 10.0. The first-order valence-corrected chi connectivity index (χ1v) is 8.79. The summed E-state index contributed by atoms with van der Waals surface area (Å²) < 4.78 is 6.11. The molecule has 0 saturated heterocycles. The van der Waals surface area contributed by atoms with Crippen LogP contribution in [0, 0.1) is 0 Å². The van der Waals surface area contributed by atoms with Gasteiger partial charge in [-0.1, -0.05) is 45.4 Å². The van der Waals surface area contributed by atoms with Gasteiger partial charge in [0.2, 0.25) is 6.10 Å². The highest BCUT2D eigenvalue weighted by molar-refractivity contribution is 9.10. The molecule has 2 aromatic carbocycles. The van der Waals surface area contributed by atoms with Crippen LogP contribution in [0.15, 0.2) is 58.2 Å². The van der Waals surface area contributed by atoms with Crippen LogP contribution in [0.1, 0.15) is 30.5 Å². The van der Waals surface area contributed by atoms with Gasteiger partial charge in [-0.05, 0) is 36.8 Å². The van der Waals surface area contributed by atoms with Gasteiger partial charge in [-0.15, -0.1) is 0 Å². The van der Waals surface area contributed by atoms with Gasteiger partial charge in [-0.25, -0.2) is 0 Å². The molecule has 130 valence electrons. The molecular formula is C19H19BrN2O3. The fraction of sp³-hybridized carbons (Fsp3) is 0.263. The van der Waals surface area contributed by atoms with Crippen molar-refractivity contribution in [2.75, 3.05) is 7.11 Å². The van der Waals surface area contributed by atoms with Crippen LogP contribution < -0.4 is 10.1 Å². The second-order valence-corrected chi connectivity index (χ2v) is 6.77. The number of hydrogen-bond acceptors (Lipinski definition) is 4. The Morgan fingerprint density at radius 1 is 1.32 bits per heavy atom. The quantitative estimate of drug-likeness (QED) is 0.826. The zero-order chi connectivity index (χ0) is 17.8. The summed E-state index contributed by atoms with van der Waals surface area (Å²) in [6.45, 7) is 1.94. The van der Waals surface area contributed by atoms with Crippen molar-refractivity contribution < 1.29 is 14.4 Å². The maximum absolute atomic E-state index is 12.5. The molecule has 0 radical (unpaired) electrons. The van der Waals surface area contributed by atoms with Crippen LogP contribution in [0.3, 0.4) is 0 Å². The van der Waals surface area contributed by atoms with E-state index in [1.165, 1.54) is 0 Å². The van der Waals surface area contributed by atoms with Crippen molar-refractivity contribution in [3.8, 4) is 5.75 Å². The molecule has 2 unspecified atom stereocenters. The summed E-state index contributed by atoms with van der Waals surface area (Å²) in [5.41, 5.74) is 2.73. The molecule has 1 N–H and O–H groups in total. The van der Waals surface area contributed by atoms with Gasteiger partial charge in [0.05, 0.1) is 18.9 Å². The minimum Gasteiger partial charge on any atom is -0.497 e. The van der Waals surface area contributed by atoms with E-state index in [1.54, 1.807) is 7.11 Å². The predicted octanol–water partition coefficient (Wildman–Crippen LogP) is 3.83. The van der Waals surface area contributed by atoms with Crippen molar-refractivity contribution in [2.45, 2.75) is 25.5 Å². The smallest absolute Gasteiger partial charge is 0.264 e. The molecule has 25 heavy (non-hydrogen) atoms. The third-order valence-electron chi connectivity index (χ3n) is 4.09. The lowest BCUT2D eigenvalue weighted by Crippen LogP contribution is -2.36. The molecule has 0 aliphatic carbocycles. The number of methoxy groups -OCH3 is 1. The first kappa shape index (κ1) is 17.5. The Kier molecular flexibility index (Phi) is 5.38. The number of nitrogens with zero attached hydrogens (tertiary/aromatic N) is 1. The summed E-state index contributed by atoms with van der Waals surface area (Å²) >= 11 is 3.44. The number of ether oxygens (including phenoxy) is 1. The van der Waals surface area contributed by atoms with Gasteiger partial charge in [0.25, 0.3) is 5.91 Å². The Morgan fingerprint density at radius 2 is 2.08 bits per heavy atom. The van der Waals surface area contributed by atoms with Crippen LogP contribution in [0.4, 0.5) is 0 Å². The third-order valence-corrected chi connectivity index (χ3v) is 4.59. The Morgan fingerprint density at radius 3 is 2.76 bits per heavy atom. The summed E-state index contributed by atoms with van der Waals surface area (Å²) in [5.74, 6) is 0.616. The van der Waals surface area contributed by atoms with Gasteiger partial charge >= 0.3 is 0 Å². The minimum atomic E-state index is -0.602. The maximum atomic E-state index is 12.5. The van der Waals surface area contributed by atoms with Crippen molar-refractivity contribution in [2.24, 2.45) is 5.16 Å². The van der Waals surface area contributed by atoms with E-state index >= 15 is 0 Å². The lowest BCUT2D eigenvalue weighted by molar-refractivity contribution is -0.131. The van der Waals surface area contributed by atoms with Gasteiger partial charge in [0.1, 0.15) is 5.75 Å². The Labute approximate surface area is 155 Å². The topological polar surface area (TPSA) is 59.9 Å². The normalized spacial score (nSPS) is 17.4. The van der Waals surface area contributed by atoms with E-state index in [-0.39, 0.29) is 11.9 Å². The molecule has 5 nitrogen and oxygen atoms in total. The summed E-state index contributed by atoms with van der Waals surface area (Å²) in [5, 5.41) is 7.04. The predicted molar refractivity (Wildman–Crippen MR) is 99.7 cm³/mol. The van der Waals surface area contributed by atoms with E-state index in [0.29, 0.717) is 6.42 Å². The van der Waals surface area contributed by atoms with E-state index in [4.69, 9.17) is 9.57 Å². The molecule has 1 heterocycles. The lowest BCUT2D eigenvalue weighted by Gasteiger charge is -2.16. The maximum Gasteiger partial charge on any atom is 0.264 e. The number of oxime groups is 1. The van der Waals surface area contributed by atoms with Crippen molar-refractivity contribution in [1.29, 1.82) is 0 Å². The van der Waals surface area contributed by atoms with Crippen LogP contribution in [0.5, 0.6) is 5.75 Å².